The van der Waals surface area contributed by atoms with Gasteiger partial charge in [0, 0.05) is 6.61 Å². The van der Waals surface area contributed by atoms with Crippen LogP contribution in [0, 0.1) is 5.92 Å². The van der Waals surface area contributed by atoms with Crippen molar-refractivity contribution in [1.82, 2.24) is 4.72 Å². The Bertz CT molecular complexity index is 597. The molecular weight excluding hydrogens is 322 g/mol. The summed E-state index contributed by atoms with van der Waals surface area (Å²) in [6, 6.07) is 4.61. The number of ether oxygens (including phenoxy) is 2. The average molecular weight is 345 g/mol. The summed E-state index contributed by atoms with van der Waals surface area (Å²) in [6.07, 6.45) is 0. The molecule has 0 radical (unpaired) electrons. The Balaban J connectivity index is 2.75. The lowest BCUT2D eigenvalue weighted by Gasteiger charge is -2.18. The highest BCUT2D eigenvalue weighted by Crippen LogP contribution is 2.17. The maximum atomic E-state index is 12.2. The summed E-state index contributed by atoms with van der Waals surface area (Å²) >= 11 is 0. The number of carboxylic acid groups (broad SMARTS) is 1. The van der Waals surface area contributed by atoms with Gasteiger partial charge in [0.1, 0.15) is 18.4 Å². The number of benzene rings is 1. The summed E-state index contributed by atoms with van der Waals surface area (Å²) in [5.74, 6) is -1.06. The molecular formula is C15H23NO6S. The highest BCUT2D eigenvalue weighted by Gasteiger charge is 2.27. The molecule has 0 amide bonds. The maximum absolute atomic E-state index is 12.2. The van der Waals surface area contributed by atoms with E-state index >= 15 is 0 Å². The minimum absolute atomic E-state index is 0.0124. The molecule has 2 N–H and O–H groups in total. The van der Waals surface area contributed by atoms with Crippen LogP contribution in [-0.2, 0) is 19.6 Å². The zero-order valence-corrected chi connectivity index (χ0v) is 14.3. The van der Waals surface area contributed by atoms with Crippen molar-refractivity contribution in [3.63, 3.8) is 0 Å². The van der Waals surface area contributed by atoms with E-state index in [0.717, 1.165) is 0 Å². The van der Waals surface area contributed by atoms with E-state index in [4.69, 9.17) is 14.6 Å². The number of hydrogen-bond donors (Lipinski definition) is 2. The predicted molar refractivity (Wildman–Crippen MR) is 85.0 cm³/mol. The van der Waals surface area contributed by atoms with Gasteiger partial charge in [0.15, 0.2) is 0 Å². The van der Waals surface area contributed by atoms with E-state index < -0.39 is 22.0 Å². The smallest absolute Gasteiger partial charge is 0.322 e. The van der Waals surface area contributed by atoms with Crippen molar-refractivity contribution in [2.24, 2.45) is 5.92 Å². The molecule has 0 aliphatic rings. The molecule has 7 nitrogen and oxygen atoms in total. The van der Waals surface area contributed by atoms with Crippen molar-refractivity contribution >= 4 is 16.0 Å². The third kappa shape index (κ3) is 6.17. The van der Waals surface area contributed by atoms with E-state index in [1.807, 2.05) is 6.92 Å². The number of sulfonamides is 1. The first kappa shape index (κ1) is 19.4. The molecule has 0 fully saturated rings. The Morgan fingerprint density at radius 3 is 2.30 bits per heavy atom. The van der Waals surface area contributed by atoms with Crippen LogP contribution in [0.5, 0.6) is 5.75 Å². The third-order valence-corrected chi connectivity index (χ3v) is 4.51. The SMILES string of the molecule is CCOCCOc1ccc(S(=O)(=O)N[C@H](C(=O)O)C(C)C)cc1. The van der Waals surface area contributed by atoms with Crippen LogP contribution >= 0.6 is 0 Å². The predicted octanol–water partition coefficient (Wildman–Crippen LogP) is 1.49. The van der Waals surface area contributed by atoms with Gasteiger partial charge in [-0.25, -0.2) is 8.42 Å². The highest BCUT2D eigenvalue weighted by molar-refractivity contribution is 7.89. The second-order valence-corrected chi connectivity index (χ2v) is 6.91. The van der Waals surface area contributed by atoms with Crippen LogP contribution in [0.4, 0.5) is 0 Å². The molecule has 0 unspecified atom stereocenters. The molecule has 1 aromatic rings. The van der Waals surface area contributed by atoms with Crippen LogP contribution in [0.2, 0.25) is 0 Å². The molecule has 1 atom stereocenters. The van der Waals surface area contributed by atoms with Gasteiger partial charge in [-0.3, -0.25) is 4.79 Å². The molecule has 8 heteroatoms. The number of aliphatic carboxylic acids is 1. The minimum atomic E-state index is -3.91. The molecule has 0 heterocycles. The monoisotopic (exact) mass is 345 g/mol. The van der Waals surface area contributed by atoms with Crippen molar-refractivity contribution in [1.29, 1.82) is 0 Å². The highest BCUT2D eigenvalue weighted by atomic mass is 32.2. The van der Waals surface area contributed by atoms with Gasteiger partial charge in [-0.2, -0.15) is 4.72 Å². The van der Waals surface area contributed by atoms with Gasteiger partial charge in [0.25, 0.3) is 0 Å². The molecule has 0 aromatic heterocycles. The van der Waals surface area contributed by atoms with E-state index in [1.54, 1.807) is 13.8 Å². The molecule has 1 aromatic carbocycles. The molecule has 1 rings (SSSR count). The molecule has 23 heavy (non-hydrogen) atoms. The van der Waals surface area contributed by atoms with Gasteiger partial charge in [0.05, 0.1) is 11.5 Å². The minimum Gasteiger partial charge on any atom is -0.491 e. The van der Waals surface area contributed by atoms with E-state index in [-0.39, 0.29) is 10.8 Å². The summed E-state index contributed by atoms with van der Waals surface area (Å²) in [5, 5.41) is 9.08. The second-order valence-electron chi connectivity index (χ2n) is 5.20. The van der Waals surface area contributed by atoms with Crippen molar-refractivity contribution in [3.8, 4) is 5.75 Å². The number of carboxylic acids is 1. The number of carbonyl (C=O) groups is 1. The lowest BCUT2D eigenvalue weighted by Crippen LogP contribution is -2.44. The summed E-state index contributed by atoms with van der Waals surface area (Å²) in [4.78, 5) is 11.1. The zero-order valence-electron chi connectivity index (χ0n) is 13.5. The van der Waals surface area contributed by atoms with Crippen LogP contribution < -0.4 is 9.46 Å². The Labute approximate surface area is 136 Å². The summed E-state index contributed by atoms with van der Waals surface area (Å²) in [7, 11) is -3.91. The molecule has 0 spiro atoms. The van der Waals surface area contributed by atoms with Gasteiger partial charge in [-0.15, -0.1) is 0 Å². The van der Waals surface area contributed by atoms with Crippen LogP contribution in [0.25, 0.3) is 0 Å². The molecule has 0 aliphatic carbocycles. The molecule has 0 saturated heterocycles. The molecule has 130 valence electrons. The first-order chi connectivity index (χ1) is 10.8. The van der Waals surface area contributed by atoms with E-state index in [0.29, 0.717) is 25.6 Å². The first-order valence-corrected chi connectivity index (χ1v) is 8.82. The molecule has 0 bridgehead atoms. The fourth-order valence-electron chi connectivity index (χ4n) is 1.78. The topological polar surface area (TPSA) is 102 Å². The van der Waals surface area contributed by atoms with Gasteiger partial charge < -0.3 is 14.6 Å². The van der Waals surface area contributed by atoms with Crippen molar-refractivity contribution < 1.29 is 27.8 Å². The normalized spacial score (nSPS) is 13.0. The van der Waals surface area contributed by atoms with Crippen molar-refractivity contribution in [2.75, 3.05) is 19.8 Å². The van der Waals surface area contributed by atoms with Gasteiger partial charge >= 0.3 is 5.97 Å². The van der Waals surface area contributed by atoms with Crippen LogP contribution in [-0.4, -0.2) is 45.4 Å². The van der Waals surface area contributed by atoms with Gasteiger partial charge in [-0.05, 0) is 37.1 Å². The molecule has 0 aliphatic heterocycles. The lowest BCUT2D eigenvalue weighted by molar-refractivity contribution is -0.140. The first-order valence-electron chi connectivity index (χ1n) is 7.33. The van der Waals surface area contributed by atoms with Crippen LogP contribution in [0.15, 0.2) is 29.2 Å². The van der Waals surface area contributed by atoms with E-state index in [9.17, 15) is 13.2 Å². The fourth-order valence-corrected chi connectivity index (χ4v) is 3.12. The number of hydrogen-bond acceptors (Lipinski definition) is 5. The average Bonchev–Trinajstić information content (AvgIpc) is 2.49. The fraction of sp³-hybridized carbons (Fsp3) is 0.533. The van der Waals surface area contributed by atoms with E-state index in [2.05, 4.69) is 4.72 Å². The lowest BCUT2D eigenvalue weighted by atomic mass is 10.1. The van der Waals surface area contributed by atoms with Crippen LogP contribution in [0.3, 0.4) is 0 Å². The zero-order chi connectivity index (χ0) is 17.5. The van der Waals surface area contributed by atoms with Gasteiger partial charge in [0.2, 0.25) is 10.0 Å². The number of rotatable bonds is 10. The largest absolute Gasteiger partial charge is 0.491 e. The Hall–Kier alpha value is -1.64. The van der Waals surface area contributed by atoms with Gasteiger partial charge in [-0.1, -0.05) is 13.8 Å². The Morgan fingerprint density at radius 2 is 1.83 bits per heavy atom. The Morgan fingerprint density at radius 1 is 1.22 bits per heavy atom. The van der Waals surface area contributed by atoms with Crippen molar-refractivity contribution in [3.05, 3.63) is 24.3 Å². The maximum Gasteiger partial charge on any atom is 0.322 e. The third-order valence-electron chi connectivity index (χ3n) is 3.05. The quantitative estimate of drug-likeness (QED) is 0.623. The van der Waals surface area contributed by atoms with E-state index in [1.165, 1.54) is 24.3 Å². The second kappa shape index (κ2) is 8.85. The van der Waals surface area contributed by atoms with Crippen molar-refractivity contribution in [2.45, 2.75) is 31.7 Å². The summed E-state index contributed by atoms with van der Waals surface area (Å²) in [5.41, 5.74) is 0. The molecule has 0 saturated carbocycles. The summed E-state index contributed by atoms with van der Waals surface area (Å²) < 4.78 is 37.2. The number of nitrogens with one attached hydrogen (secondary N) is 1. The summed E-state index contributed by atoms with van der Waals surface area (Å²) in [6.45, 7) is 6.58. The Kier molecular flexibility index (Phi) is 7.47. The van der Waals surface area contributed by atoms with Crippen LogP contribution in [0.1, 0.15) is 20.8 Å². The standard InChI is InChI=1S/C15H23NO6S/c1-4-21-9-10-22-12-5-7-13(8-6-12)23(19,20)16-14(11(2)3)15(17)18/h5-8,11,14,16H,4,9-10H2,1-3H3,(H,17,18)/t14-/m0/s1.